The van der Waals surface area contributed by atoms with E-state index in [0.717, 1.165) is 4.90 Å². The Morgan fingerprint density at radius 1 is 1.06 bits per heavy atom. The molecular formula is C42H52F4N6O9S. The second kappa shape index (κ2) is 16.6. The van der Waals surface area contributed by atoms with Gasteiger partial charge in [0.25, 0.3) is 11.8 Å². The van der Waals surface area contributed by atoms with Gasteiger partial charge in [0.15, 0.2) is 5.69 Å². The van der Waals surface area contributed by atoms with Gasteiger partial charge >= 0.3 is 6.09 Å². The highest BCUT2D eigenvalue weighted by Gasteiger charge is 2.67. The molecule has 15 nitrogen and oxygen atoms in total. The first kappa shape index (κ1) is 45.1. The third-order valence-corrected chi connectivity index (χ3v) is 14.7. The molecule has 4 amide bonds. The fraction of sp³-hybridized carbons (Fsp3) is 0.667. The molecule has 3 heterocycles. The van der Waals surface area contributed by atoms with Crippen molar-refractivity contribution in [1.29, 1.82) is 0 Å². The van der Waals surface area contributed by atoms with Crippen LogP contribution in [0.2, 0.25) is 0 Å². The lowest BCUT2D eigenvalue weighted by molar-refractivity contribution is -0.143. The molecule has 2 aromatic rings. The molecule has 4 fully saturated rings. The molecule has 0 radical (unpaired) electrons. The number of alkyl carbamates (subject to hydrolysis) is 1. The van der Waals surface area contributed by atoms with Crippen LogP contribution >= 0.6 is 0 Å². The van der Waals surface area contributed by atoms with E-state index in [2.05, 4.69) is 26.5 Å². The number of methoxy groups -OCH3 is 1. The number of nitrogens with one attached hydrogen (secondary N) is 3. The van der Waals surface area contributed by atoms with Crippen molar-refractivity contribution in [3.8, 4) is 24.0 Å². The largest absolute Gasteiger partial charge is 0.497 e. The summed E-state index contributed by atoms with van der Waals surface area (Å²) in [6.07, 6.45) is 0.576. The SMILES string of the molecule is C#C[C@@H]1C[C@H]2CCCCC(F)(F)c3nc4ccc(OC)cc4nc3O[C@H]3CN(C(=O)[C@H](C(C)(C)C)NC(=O)O[C@@H]2C1)[C@H](C(=O)N[C@]1(C(=O)NS(=O)(=O)C2CC2)C[C@H]1C(F)F)[C@@H]3C. The Labute approximate surface area is 357 Å². The van der Waals surface area contributed by atoms with Crippen LogP contribution in [-0.2, 0) is 35.1 Å². The maximum absolute atomic E-state index is 16.5. The van der Waals surface area contributed by atoms with E-state index in [0.29, 0.717) is 31.4 Å². The zero-order chi connectivity index (χ0) is 45.1. The van der Waals surface area contributed by atoms with Crippen LogP contribution in [0.3, 0.4) is 0 Å². The number of aromatic nitrogens is 2. The van der Waals surface area contributed by atoms with E-state index in [9.17, 15) is 36.4 Å². The van der Waals surface area contributed by atoms with Crippen LogP contribution in [0.4, 0.5) is 22.4 Å². The molecule has 3 saturated carbocycles. The number of amides is 4. The Morgan fingerprint density at radius 3 is 2.42 bits per heavy atom. The predicted octanol–water partition coefficient (Wildman–Crippen LogP) is 4.82. The number of ether oxygens (including phenoxy) is 3. The van der Waals surface area contributed by atoms with E-state index >= 15 is 8.78 Å². The number of sulfonamides is 1. The number of nitrogens with zero attached hydrogens (tertiary/aromatic N) is 3. The van der Waals surface area contributed by atoms with E-state index < -0.39 is 129 Å². The molecule has 1 aromatic carbocycles. The second-order valence-electron chi connectivity index (χ2n) is 18.4. The maximum Gasteiger partial charge on any atom is 0.408 e. The van der Waals surface area contributed by atoms with Crippen LogP contribution in [-0.4, -0.2) is 102 Å². The van der Waals surface area contributed by atoms with Gasteiger partial charge in [-0.15, -0.1) is 12.3 Å². The molecule has 2 bridgehead atoms. The summed E-state index contributed by atoms with van der Waals surface area (Å²) in [4.78, 5) is 66.5. The summed E-state index contributed by atoms with van der Waals surface area (Å²) in [5.74, 6) is -7.81. The minimum atomic E-state index is -4.23. The number of carbonyl (C=O) groups is 4. The second-order valence-corrected chi connectivity index (χ2v) is 20.4. The van der Waals surface area contributed by atoms with E-state index in [4.69, 9.17) is 20.6 Å². The van der Waals surface area contributed by atoms with Gasteiger partial charge in [0, 0.05) is 24.3 Å². The summed E-state index contributed by atoms with van der Waals surface area (Å²) in [7, 11) is -2.82. The Balaban J connectivity index is 1.30. The lowest BCUT2D eigenvalue weighted by atomic mass is 9.85. The number of alkyl halides is 4. The Bertz CT molecular complexity index is 2270. The van der Waals surface area contributed by atoms with Gasteiger partial charge in [-0.2, -0.15) is 8.78 Å². The number of terminal acetylenes is 1. The molecule has 62 heavy (non-hydrogen) atoms. The molecule has 1 saturated heterocycles. The van der Waals surface area contributed by atoms with Crippen molar-refractivity contribution in [2.24, 2.45) is 29.1 Å². The van der Waals surface area contributed by atoms with Gasteiger partial charge in [-0.1, -0.05) is 34.1 Å². The van der Waals surface area contributed by atoms with Crippen molar-refractivity contribution in [3.63, 3.8) is 0 Å². The van der Waals surface area contributed by atoms with Gasteiger partial charge in [0.1, 0.15) is 35.6 Å². The van der Waals surface area contributed by atoms with Crippen LogP contribution < -0.4 is 24.8 Å². The third-order valence-electron chi connectivity index (χ3n) is 12.9. The van der Waals surface area contributed by atoms with E-state index in [-0.39, 0.29) is 42.1 Å². The summed E-state index contributed by atoms with van der Waals surface area (Å²) in [5, 5.41) is 4.15. The third kappa shape index (κ3) is 8.96. The van der Waals surface area contributed by atoms with Crippen molar-refractivity contribution in [2.45, 2.75) is 133 Å². The highest BCUT2D eigenvalue weighted by atomic mass is 32.2. The van der Waals surface area contributed by atoms with Crippen molar-refractivity contribution >= 4 is 44.9 Å². The Morgan fingerprint density at radius 2 is 1.79 bits per heavy atom. The molecule has 0 unspecified atom stereocenters. The number of benzene rings is 1. The lowest BCUT2D eigenvalue weighted by Gasteiger charge is -2.36. The monoisotopic (exact) mass is 892 g/mol. The van der Waals surface area contributed by atoms with Crippen LogP contribution in [0.15, 0.2) is 18.2 Å². The van der Waals surface area contributed by atoms with Gasteiger partial charge < -0.3 is 29.7 Å². The van der Waals surface area contributed by atoms with Crippen LogP contribution in [0.25, 0.3) is 11.0 Å². The molecule has 3 aliphatic carbocycles. The first-order valence-electron chi connectivity index (χ1n) is 20.9. The molecule has 5 aliphatic rings. The van der Waals surface area contributed by atoms with E-state index in [1.54, 1.807) is 20.8 Å². The molecule has 2 aliphatic heterocycles. The average molecular weight is 893 g/mol. The van der Waals surface area contributed by atoms with E-state index in [1.165, 1.54) is 32.2 Å². The number of hydrogen-bond acceptors (Lipinski definition) is 11. The zero-order valence-electron chi connectivity index (χ0n) is 35.1. The number of rotatable bonds is 7. The zero-order valence-corrected chi connectivity index (χ0v) is 35.9. The van der Waals surface area contributed by atoms with Crippen molar-refractivity contribution in [3.05, 3.63) is 23.9 Å². The number of carbonyl (C=O) groups excluding carboxylic acids is 4. The molecule has 9 atom stereocenters. The van der Waals surface area contributed by atoms with Gasteiger partial charge in [0.05, 0.1) is 35.9 Å². The number of hydrogen-bond donors (Lipinski definition) is 3. The number of fused-ring (bicyclic) bond motifs is 5. The molecule has 3 N–H and O–H groups in total. The smallest absolute Gasteiger partial charge is 0.408 e. The van der Waals surface area contributed by atoms with Crippen molar-refractivity contribution < 1.29 is 59.4 Å². The minimum Gasteiger partial charge on any atom is -0.497 e. The van der Waals surface area contributed by atoms with Gasteiger partial charge in [0.2, 0.25) is 34.1 Å². The highest BCUT2D eigenvalue weighted by molar-refractivity contribution is 7.91. The summed E-state index contributed by atoms with van der Waals surface area (Å²) >= 11 is 0. The summed E-state index contributed by atoms with van der Waals surface area (Å²) < 4.78 is 106. The molecular weight excluding hydrogens is 841 g/mol. The van der Waals surface area contributed by atoms with Crippen LogP contribution in [0.5, 0.6) is 11.6 Å². The predicted molar refractivity (Wildman–Crippen MR) is 214 cm³/mol. The normalized spacial score (nSPS) is 31.6. The van der Waals surface area contributed by atoms with Crippen LogP contribution in [0.1, 0.15) is 91.2 Å². The first-order chi connectivity index (χ1) is 29.1. The molecule has 338 valence electrons. The topological polar surface area (TPSA) is 195 Å². The van der Waals surface area contributed by atoms with Crippen molar-refractivity contribution in [2.75, 3.05) is 13.7 Å². The summed E-state index contributed by atoms with van der Waals surface area (Å²) in [5.41, 5.74) is -3.94. The Hall–Kier alpha value is -4.93. The number of halogens is 4. The quantitative estimate of drug-likeness (QED) is 0.255. The molecule has 20 heteroatoms. The molecule has 0 spiro atoms. The molecule has 1 aromatic heterocycles. The fourth-order valence-electron chi connectivity index (χ4n) is 9.00. The maximum atomic E-state index is 16.5. The lowest BCUT2D eigenvalue weighted by Crippen LogP contribution is -2.61. The van der Waals surface area contributed by atoms with Crippen molar-refractivity contribution in [1.82, 2.24) is 30.2 Å². The highest BCUT2D eigenvalue weighted by Crippen LogP contribution is 2.49. The summed E-state index contributed by atoms with van der Waals surface area (Å²) in [6, 6.07) is 1.46. The minimum absolute atomic E-state index is 0.0399. The summed E-state index contributed by atoms with van der Waals surface area (Å²) in [6.45, 7) is 5.97. The fourth-order valence-corrected chi connectivity index (χ4v) is 10.4. The molecule has 7 rings (SSSR count). The van der Waals surface area contributed by atoms with Gasteiger partial charge in [-0.25, -0.2) is 32.0 Å². The standard InChI is InChI=1S/C42H52F4N6O9S/c1-7-22-16-23-10-8-9-15-42(45,46)32-36(48-28-18-24(59-6)11-14-27(28)47-32)60-30-20-52(37(54)33(40(3,4)5)49-39(56)61-29(23)17-22)31(21(30)2)35(53)50-41(19-26(41)34(43)44)38(55)51-62(57,58)25-12-13-25/h1,11,14,18,21-23,25-26,29-31,33-34H,8-10,12-13,15-17,19-20H2,2-6H3,(H,49,56)(H,50,53)(H,51,55)/t21-,22-,23-,26+,29-,30+,31+,33-,41-/m1/s1. The average Bonchev–Trinajstić information content (AvgIpc) is 4.12. The van der Waals surface area contributed by atoms with Gasteiger partial charge in [-0.05, 0) is 68.4 Å². The van der Waals surface area contributed by atoms with Crippen LogP contribution in [0, 0.1) is 41.4 Å². The van der Waals surface area contributed by atoms with E-state index in [1.807, 2.05) is 4.72 Å². The first-order valence-corrected chi connectivity index (χ1v) is 22.4. The van der Waals surface area contributed by atoms with Gasteiger partial charge in [-0.3, -0.25) is 19.1 Å². The Kier molecular flexibility index (Phi) is 12.1.